The Bertz CT molecular complexity index is 295. The summed E-state index contributed by atoms with van der Waals surface area (Å²) in [5, 5.41) is 3.38. The number of nitrogens with zero attached hydrogens (tertiary/aromatic N) is 1. The molecule has 2 aliphatic rings. The van der Waals surface area contributed by atoms with E-state index in [1.54, 1.807) is 0 Å². The van der Waals surface area contributed by atoms with Gasteiger partial charge in [0.2, 0.25) is 5.91 Å². The first-order valence-electron chi connectivity index (χ1n) is 7.62. The molecule has 0 aromatic heterocycles. The topological polar surface area (TPSA) is 32.3 Å². The fraction of sp³-hybridized carbons (Fsp3) is 0.933. The molecule has 1 atom stereocenters. The summed E-state index contributed by atoms with van der Waals surface area (Å²) in [6.45, 7) is 9.66. The van der Waals surface area contributed by atoms with Crippen molar-refractivity contribution >= 4 is 5.91 Å². The maximum Gasteiger partial charge on any atom is 0.229 e. The SMILES string of the molecule is CCC1(C(=O)N2CCCC2C(C)C)CCNCC1. The lowest BCUT2D eigenvalue weighted by molar-refractivity contribution is -0.145. The summed E-state index contributed by atoms with van der Waals surface area (Å²) in [5.41, 5.74) is -0.0667. The molecule has 3 nitrogen and oxygen atoms in total. The van der Waals surface area contributed by atoms with E-state index in [1.807, 2.05) is 0 Å². The normalized spacial score (nSPS) is 27.8. The summed E-state index contributed by atoms with van der Waals surface area (Å²) in [4.78, 5) is 15.2. The summed E-state index contributed by atoms with van der Waals surface area (Å²) in [7, 11) is 0. The average Bonchev–Trinajstić information content (AvgIpc) is 2.88. The van der Waals surface area contributed by atoms with Crippen LogP contribution in [0.5, 0.6) is 0 Å². The molecule has 2 heterocycles. The highest BCUT2D eigenvalue weighted by Crippen LogP contribution is 2.37. The van der Waals surface area contributed by atoms with Crippen LogP contribution in [0.4, 0.5) is 0 Å². The Balaban J connectivity index is 2.13. The Morgan fingerprint density at radius 1 is 1.39 bits per heavy atom. The number of amides is 1. The summed E-state index contributed by atoms with van der Waals surface area (Å²) in [6.07, 6.45) is 5.41. The van der Waals surface area contributed by atoms with Crippen LogP contribution in [0, 0.1) is 11.3 Å². The van der Waals surface area contributed by atoms with Crippen molar-refractivity contribution in [3.05, 3.63) is 0 Å². The minimum Gasteiger partial charge on any atom is -0.339 e. The molecule has 2 saturated heterocycles. The Morgan fingerprint density at radius 3 is 2.61 bits per heavy atom. The van der Waals surface area contributed by atoms with Gasteiger partial charge in [-0.15, -0.1) is 0 Å². The van der Waals surface area contributed by atoms with Crippen LogP contribution in [0.25, 0.3) is 0 Å². The van der Waals surface area contributed by atoms with Crippen LogP contribution in [0.3, 0.4) is 0 Å². The van der Waals surface area contributed by atoms with E-state index < -0.39 is 0 Å². The molecule has 18 heavy (non-hydrogen) atoms. The molecule has 0 bridgehead atoms. The third kappa shape index (κ3) is 2.42. The minimum absolute atomic E-state index is 0.0667. The molecule has 0 saturated carbocycles. The Morgan fingerprint density at radius 2 is 2.06 bits per heavy atom. The predicted octanol–water partition coefficient (Wildman–Crippen LogP) is 2.41. The van der Waals surface area contributed by atoms with Crippen molar-refractivity contribution < 1.29 is 4.79 Å². The zero-order chi connectivity index (χ0) is 13.2. The number of hydrogen-bond donors (Lipinski definition) is 1. The highest BCUT2D eigenvalue weighted by Gasteiger charge is 2.43. The number of hydrogen-bond acceptors (Lipinski definition) is 2. The van der Waals surface area contributed by atoms with Crippen molar-refractivity contribution in [1.82, 2.24) is 10.2 Å². The molecule has 104 valence electrons. The van der Waals surface area contributed by atoms with Crippen LogP contribution >= 0.6 is 0 Å². The lowest BCUT2D eigenvalue weighted by Crippen LogP contribution is -2.51. The molecule has 1 N–H and O–H groups in total. The van der Waals surface area contributed by atoms with E-state index >= 15 is 0 Å². The Kier molecular flexibility index (Phi) is 4.31. The molecule has 3 heteroatoms. The lowest BCUT2D eigenvalue weighted by Gasteiger charge is -2.41. The van der Waals surface area contributed by atoms with Gasteiger partial charge in [0.05, 0.1) is 5.41 Å². The van der Waals surface area contributed by atoms with E-state index in [1.165, 1.54) is 12.8 Å². The van der Waals surface area contributed by atoms with Crippen LogP contribution < -0.4 is 5.32 Å². The van der Waals surface area contributed by atoms with Gasteiger partial charge in [-0.1, -0.05) is 20.8 Å². The maximum absolute atomic E-state index is 13.0. The highest BCUT2D eigenvalue weighted by molar-refractivity contribution is 5.83. The highest BCUT2D eigenvalue weighted by atomic mass is 16.2. The molecular weight excluding hydrogens is 224 g/mol. The van der Waals surface area contributed by atoms with Gasteiger partial charge >= 0.3 is 0 Å². The molecule has 0 aromatic carbocycles. The maximum atomic E-state index is 13.0. The number of carbonyl (C=O) groups excluding carboxylic acids is 1. The number of likely N-dealkylation sites (tertiary alicyclic amines) is 1. The van der Waals surface area contributed by atoms with Gasteiger partial charge in [0.15, 0.2) is 0 Å². The molecular formula is C15H28N2O. The minimum atomic E-state index is -0.0667. The summed E-state index contributed by atoms with van der Waals surface area (Å²) in [6, 6.07) is 0.482. The molecule has 0 aliphatic carbocycles. The average molecular weight is 252 g/mol. The first-order chi connectivity index (χ1) is 8.60. The first-order valence-corrected chi connectivity index (χ1v) is 7.62. The van der Waals surface area contributed by atoms with Crippen molar-refractivity contribution in [3.63, 3.8) is 0 Å². The van der Waals surface area contributed by atoms with E-state index in [2.05, 4.69) is 31.0 Å². The van der Waals surface area contributed by atoms with E-state index in [-0.39, 0.29) is 5.41 Å². The molecule has 1 amide bonds. The van der Waals surface area contributed by atoms with Gasteiger partial charge < -0.3 is 10.2 Å². The predicted molar refractivity (Wildman–Crippen MR) is 74.4 cm³/mol. The van der Waals surface area contributed by atoms with Gasteiger partial charge in [-0.25, -0.2) is 0 Å². The third-order valence-electron chi connectivity index (χ3n) is 5.02. The third-order valence-corrected chi connectivity index (χ3v) is 5.02. The molecule has 0 spiro atoms. The second-order valence-corrected chi connectivity index (χ2v) is 6.34. The van der Waals surface area contributed by atoms with Crippen LogP contribution in [0.1, 0.15) is 52.9 Å². The van der Waals surface area contributed by atoms with E-state index in [4.69, 9.17) is 0 Å². The second-order valence-electron chi connectivity index (χ2n) is 6.34. The van der Waals surface area contributed by atoms with E-state index in [9.17, 15) is 4.79 Å². The molecule has 2 fully saturated rings. The molecule has 2 rings (SSSR count). The van der Waals surface area contributed by atoms with Crippen molar-refractivity contribution in [2.75, 3.05) is 19.6 Å². The van der Waals surface area contributed by atoms with Gasteiger partial charge in [-0.3, -0.25) is 4.79 Å². The number of rotatable bonds is 3. The molecule has 0 radical (unpaired) electrons. The van der Waals surface area contributed by atoms with Gasteiger partial charge in [-0.2, -0.15) is 0 Å². The van der Waals surface area contributed by atoms with Crippen molar-refractivity contribution in [3.8, 4) is 0 Å². The number of nitrogens with one attached hydrogen (secondary N) is 1. The zero-order valence-electron chi connectivity index (χ0n) is 12.2. The monoisotopic (exact) mass is 252 g/mol. The molecule has 0 aromatic rings. The Hall–Kier alpha value is -0.570. The summed E-state index contributed by atoms with van der Waals surface area (Å²) >= 11 is 0. The van der Waals surface area contributed by atoms with Crippen molar-refractivity contribution in [2.24, 2.45) is 11.3 Å². The smallest absolute Gasteiger partial charge is 0.229 e. The fourth-order valence-corrected chi connectivity index (χ4v) is 3.67. The largest absolute Gasteiger partial charge is 0.339 e. The van der Waals surface area contributed by atoms with E-state index in [0.29, 0.717) is 17.9 Å². The van der Waals surface area contributed by atoms with Crippen LogP contribution in [0.15, 0.2) is 0 Å². The van der Waals surface area contributed by atoms with Gasteiger partial charge in [0.25, 0.3) is 0 Å². The van der Waals surface area contributed by atoms with Gasteiger partial charge in [0, 0.05) is 12.6 Å². The van der Waals surface area contributed by atoms with Crippen LogP contribution in [-0.4, -0.2) is 36.5 Å². The van der Waals surface area contributed by atoms with Crippen molar-refractivity contribution in [2.45, 2.75) is 58.9 Å². The summed E-state index contributed by atoms with van der Waals surface area (Å²) < 4.78 is 0. The lowest BCUT2D eigenvalue weighted by atomic mass is 9.75. The fourth-order valence-electron chi connectivity index (χ4n) is 3.67. The van der Waals surface area contributed by atoms with Gasteiger partial charge in [-0.05, 0) is 51.1 Å². The molecule has 2 aliphatic heterocycles. The van der Waals surface area contributed by atoms with Crippen LogP contribution in [-0.2, 0) is 4.79 Å². The van der Waals surface area contributed by atoms with Crippen LogP contribution in [0.2, 0.25) is 0 Å². The Labute approximate surface area is 111 Å². The second kappa shape index (κ2) is 5.60. The quantitative estimate of drug-likeness (QED) is 0.836. The zero-order valence-corrected chi connectivity index (χ0v) is 12.2. The summed E-state index contributed by atoms with van der Waals surface area (Å²) in [5.74, 6) is 1.04. The number of carbonyl (C=O) groups is 1. The standard InChI is InChI=1S/C15H28N2O/c1-4-15(7-9-16-10-8-15)14(18)17-11-5-6-13(17)12(2)3/h12-13,16H,4-11H2,1-3H3. The first kappa shape index (κ1) is 13.9. The van der Waals surface area contributed by atoms with Crippen molar-refractivity contribution in [1.29, 1.82) is 0 Å². The van der Waals surface area contributed by atoms with Gasteiger partial charge in [0.1, 0.15) is 0 Å². The number of piperidine rings is 1. The molecule has 1 unspecified atom stereocenters. The van der Waals surface area contributed by atoms with E-state index in [0.717, 1.165) is 38.9 Å².